The second-order valence-electron chi connectivity index (χ2n) is 3.37. The van der Waals surface area contributed by atoms with Crippen molar-refractivity contribution in [2.75, 3.05) is 0 Å². The summed E-state index contributed by atoms with van der Waals surface area (Å²) in [6.45, 7) is 8.43. The van der Waals surface area contributed by atoms with Crippen LogP contribution in [0.3, 0.4) is 0 Å². The molecule has 12 heavy (non-hydrogen) atoms. The van der Waals surface area contributed by atoms with Gasteiger partial charge in [0.25, 0.3) is 0 Å². The van der Waals surface area contributed by atoms with E-state index in [1.54, 1.807) is 0 Å². The van der Waals surface area contributed by atoms with Crippen molar-refractivity contribution >= 4 is 0 Å². The van der Waals surface area contributed by atoms with Gasteiger partial charge in [0.2, 0.25) is 0 Å². The molecule has 0 unspecified atom stereocenters. The second kappa shape index (κ2) is 4.68. The third kappa shape index (κ3) is 2.36. The van der Waals surface area contributed by atoms with Crippen LogP contribution in [0.5, 0.6) is 0 Å². The Kier molecular flexibility index (Phi) is 4.57. The van der Waals surface area contributed by atoms with Gasteiger partial charge in [-0.2, -0.15) is 0 Å². The molecule has 1 aromatic heterocycles. The van der Waals surface area contributed by atoms with Gasteiger partial charge in [-0.15, -0.1) is 0 Å². The summed E-state index contributed by atoms with van der Waals surface area (Å²) in [7, 11) is 0. The maximum Gasteiger partial charge on any atom is 0 e. The first-order valence-electron chi connectivity index (χ1n) is 3.98. The van der Waals surface area contributed by atoms with Crippen LogP contribution in [-0.2, 0) is 18.6 Å². The molecule has 0 aliphatic carbocycles. The van der Waals surface area contributed by atoms with Gasteiger partial charge in [-0.05, 0) is 23.2 Å². The molecule has 0 saturated heterocycles. The Labute approximate surface area is 85.2 Å². The molecule has 1 radical (unpaired) electrons. The molecule has 0 fully saturated rings. The summed E-state index contributed by atoms with van der Waals surface area (Å²) in [5.74, 6) is 0.866. The Morgan fingerprint density at radius 2 is 1.67 bits per heavy atom. The summed E-state index contributed by atoms with van der Waals surface area (Å²) in [5.41, 5.74) is 2.08. The molecule has 1 rings (SSSR count). The maximum atomic E-state index is 3.98. The summed E-state index contributed by atoms with van der Waals surface area (Å²) in [6.07, 6.45) is 0. The van der Waals surface area contributed by atoms with Crippen molar-refractivity contribution in [2.45, 2.75) is 39.5 Å². The average Bonchev–Trinajstić information content (AvgIpc) is 2.32. The zero-order chi connectivity index (χ0) is 8.43. The molecule has 0 aliphatic heterocycles. The Hall–Kier alpha value is -0.276. The number of rotatable bonds is 2. The van der Waals surface area contributed by atoms with Crippen LogP contribution in [0.15, 0.2) is 0 Å². The summed E-state index contributed by atoms with van der Waals surface area (Å²) in [5, 5.41) is 11.6. The van der Waals surface area contributed by atoms with Crippen LogP contribution >= 0.6 is 0 Å². The molecule has 0 N–H and O–H groups in total. The molecule has 0 saturated carbocycles. The zero-order valence-corrected chi connectivity index (χ0v) is 9.34. The van der Waals surface area contributed by atoms with Crippen molar-refractivity contribution in [3.05, 3.63) is 11.4 Å². The topological polar surface area (TPSA) is 39.9 Å². The van der Waals surface area contributed by atoms with E-state index >= 15 is 0 Å². The third-order valence-corrected chi connectivity index (χ3v) is 1.66. The molecule has 0 bridgehead atoms. The minimum absolute atomic E-state index is 0. The van der Waals surface area contributed by atoms with Gasteiger partial charge in [0.1, 0.15) is 0 Å². The van der Waals surface area contributed by atoms with Crippen LogP contribution in [0.4, 0.5) is 0 Å². The molecule has 0 aliphatic rings. The van der Waals surface area contributed by atoms with Crippen LogP contribution in [0.2, 0.25) is 0 Å². The monoisotopic (exact) mass is 203 g/mol. The molecule has 0 spiro atoms. The van der Waals surface area contributed by atoms with Gasteiger partial charge in [0, 0.05) is 18.6 Å². The van der Waals surface area contributed by atoms with E-state index in [0.717, 1.165) is 11.4 Å². The number of hydrogen-bond donors (Lipinski definition) is 0. The maximum absolute atomic E-state index is 3.98. The van der Waals surface area contributed by atoms with E-state index in [1.165, 1.54) is 0 Å². The van der Waals surface area contributed by atoms with E-state index in [-0.39, 0.29) is 18.6 Å². The van der Waals surface area contributed by atoms with E-state index in [2.05, 4.69) is 43.1 Å². The largest absolute Gasteiger partial charge is 0.354 e. The van der Waals surface area contributed by atoms with E-state index in [1.807, 2.05) is 0 Å². The average molecular weight is 203 g/mol. The predicted molar refractivity (Wildman–Crippen MR) is 43.5 cm³/mol. The number of nitrogens with zero attached hydrogens (tertiary/aromatic N) is 3. The molecule has 67 valence electrons. The van der Waals surface area contributed by atoms with Crippen LogP contribution in [-0.4, -0.2) is 10.3 Å². The standard InChI is InChI=1S/C8H14N3.V/c1-5(2)7-8(6(3)4)10-11-9-7;/h5-6H,1-4H3;/q-1;. The quantitative estimate of drug-likeness (QED) is 0.734. The van der Waals surface area contributed by atoms with E-state index in [4.69, 9.17) is 0 Å². The van der Waals surface area contributed by atoms with Crippen LogP contribution in [0.25, 0.3) is 0 Å². The van der Waals surface area contributed by atoms with Gasteiger partial charge in [-0.25, -0.2) is 0 Å². The SMILES string of the molecule is CC(C)c1nn[n-]c1C(C)C.[V]. The normalized spacial score (nSPS) is 10.5. The molecule has 0 aromatic carbocycles. The van der Waals surface area contributed by atoms with Gasteiger partial charge >= 0.3 is 0 Å². The molecule has 1 aromatic rings. The summed E-state index contributed by atoms with van der Waals surface area (Å²) < 4.78 is 0. The molecule has 0 atom stereocenters. The molecular formula is C8H14N3V-. The molecule has 4 heteroatoms. The number of aromatic nitrogens is 3. The minimum atomic E-state index is 0. The van der Waals surface area contributed by atoms with Crippen LogP contribution in [0, 0.1) is 0 Å². The first-order chi connectivity index (χ1) is 5.13. The van der Waals surface area contributed by atoms with E-state index in [9.17, 15) is 0 Å². The van der Waals surface area contributed by atoms with E-state index in [0.29, 0.717) is 11.8 Å². The molecule has 0 amide bonds. The Morgan fingerprint density at radius 3 is 2.00 bits per heavy atom. The van der Waals surface area contributed by atoms with Crippen molar-refractivity contribution in [3.8, 4) is 0 Å². The summed E-state index contributed by atoms with van der Waals surface area (Å²) >= 11 is 0. The van der Waals surface area contributed by atoms with Crippen molar-refractivity contribution < 1.29 is 18.6 Å². The Morgan fingerprint density at radius 1 is 1.08 bits per heavy atom. The minimum Gasteiger partial charge on any atom is -0.354 e. The summed E-state index contributed by atoms with van der Waals surface area (Å²) in [6, 6.07) is 0. The van der Waals surface area contributed by atoms with E-state index < -0.39 is 0 Å². The summed E-state index contributed by atoms with van der Waals surface area (Å²) in [4.78, 5) is 0. The zero-order valence-electron chi connectivity index (χ0n) is 7.94. The van der Waals surface area contributed by atoms with Crippen molar-refractivity contribution in [3.63, 3.8) is 0 Å². The van der Waals surface area contributed by atoms with Gasteiger partial charge in [-0.1, -0.05) is 27.7 Å². The fraction of sp³-hybridized carbons (Fsp3) is 0.750. The van der Waals surface area contributed by atoms with Gasteiger partial charge in [0.15, 0.2) is 0 Å². The predicted octanol–water partition coefficient (Wildman–Crippen LogP) is 1.68. The third-order valence-electron chi connectivity index (χ3n) is 1.66. The van der Waals surface area contributed by atoms with Gasteiger partial charge in [0.05, 0.1) is 0 Å². The van der Waals surface area contributed by atoms with Gasteiger partial charge in [-0.3, -0.25) is 5.21 Å². The van der Waals surface area contributed by atoms with Crippen molar-refractivity contribution in [2.24, 2.45) is 0 Å². The molecule has 3 nitrogen and oxygen atoms in total. The second-order valence-corrected chi connectivity index (χ2v) is 3.37. The first kappa shape index (κ1) is 11.7. The first-order valence-corrected chi connectivity index (χ1v) is 3.98. The fourth-order valence-corrected chi connectivity index (χ4v) is 1.04. The Balaban J connectivity index is 0.00000121. The number of hydrogen-bond acceptors (Lipinski definition) is 2. The van der Waals surface area contributed by atoms with Crippen molar-refractivity contribution in [1.29, 1.82) is 0 Å². The fourth-order valence-electron chi connectivity index (χ4n) is 1.04. The van der Waals surface area contributed by atoms with Crippen LogP contribution < -0.4 is 5.10 Å². The smallest absolute Gasteiger partial charge is 0 e. The Bertz CT molecular complexity index is 207. The van der Waals surface area contributed by atoms with Gasteiger partial charge < -0.3 is 10.2 Å². The van der Waals surface area contributed by atoms with Crippen molar-refractivity contribution in [1.82, 2.24) is 15.4 Å². The molecular weight excluding hydrogens is 189 g/mol. The van der Waals surface area contributed by atoms with Crippen LogP contribution in [0.1, 0.15) is 50.9 Å². The molecule has 1 heterocycles.